The van der Waals surface area contributed by atoms with Gasteiger partial charge in [0.15, 0.2) is 11.6 Å². The van der Waals surface area contributed by atoms with E-state index in [-0.39, 0.29) is 27.2 Å². The average molecular weight is 448 g/mol. The van der Waals surface area contributed by atoms with Crippen LogP contribution in [-0.4, -0.2) is 28.0 Å². The topological polar surface area (TPSA) is 64.5 Å². The van der Waals surface area contributed by atoms with Gasteiger partial charge in [0.25, 0.3) is 0 Å². The normalized spacial score (nSPS) is 14.0. The Labute approximate surface area is 172 Å². The van der Waals surface area contributed by atoms with Crippen molar-refractivity contribution in [2.75, 3.05) is 6.61 Å². The van der Waals surface area contributed by atoms with Crippen LogP contribution in [0.2, 0.25) is 0 Å². The summed E-state index contributed by atoms with van der Waals surface area (Å²) in [5, 5.41) is 11.4. The highest BCUT2D eigenvalue weighted by atomic mass is 32.1. The van der Waals surface area contributed by atoms with Crippen LogP contribution in [0.4, 0.5) is 22.0 Å². The highest BCUT2D eigenvalue weighted by Gasteiger charge is 2.39. The second kappa shape index (κ2) is 8.31. The van der Waals surface area contributed by atoms with Crippen molar-refractivity contribution in [2.45, 2.75) is 38.7 Å². The van der Waals surface area contributed by atoms with Gasteiger partial charge < -0.3 is 14.6 Å². The van der Waals surface area contributed by atoms with Crippen molar-refractivity contribution >= 4 is 21.6 Å². The number of benzene rings is 1. The largest absolute Gasteiger partial charge is 0.573 e. The van der Waals surface area contributed by atoms with Crippen LogP contribution in [0.15, 0.2) is 24.5 Å². The summed E-state index contributed by atoms with van der Waals surface area (Å²) in [6.45, 7) is 3.85. The van der Waals surface area contributed by atoms with E-state index in [1.165, 1.54) is 12.4 Å². The third kappa shape index (κ3) is 4.17. The number of halogens is 5. The molecule has 3 aromatic rings. The van der Waals surface area contributed by atoms with Gasteiger partial charge >= 0.3 is 6.36 Å². The number of hydrogen-bond acceptors (Lipinski definition) is 6. The summed E-state index contributed by atoms with van der Waals surface area (Å²) < 4.78 is 74.9. The molecule has 0 aliphatic carbocycles. The van der Waals surface area contributed by atoms with Gasteiger partial charge in [0.2, 0.25) is 5.75 Å². The molecule has 0 bridgehead atoms. The highest BCUT2D eigenvalue weighted by Crippen LogP contribution is 2.44. The zero-order valence-electron chi connectivity index (χ0n) is 15.9. The summed E-state index contributed by atoms with van der Waals surface area (Å²) in [4.78, 5) is 8.11. The lowest BCUT2D eigenvalue weighted by molar-refractivity contribution is -0.276. The number of aliphatic hydroxyl groups is 1. The molecule has 1 aromatic carbocycles. The average Bonchev–Trinajstić information content (AvgIpc) is 3.10. The van der Waals surface area contributed by atoms with E-state index in [0.29, 0.717) is 36.2 Å². The zero-order valence-corrected chi connectivity index (χ0v) is 16.7. The summed E-state index contributed by atoms with van der Waals surface area (Å²) in [7, 11) is 0. The molecular weight excluding hydrogens is 431 g/mol. The Morgan fingerprint density at radius 1 is 1.20 bits per heavy atom. The maximum absolute atomic E-state index is 14.6. The van der Waals surface area contributed by atoms with Crippen molar-refractivity contribution < 1.29 is 36.5 Å². The number of aromatic nitrogens is 2. The molecule has 3 rings (SSSR count). The van der Waals surface area contributed by atoms with Crippen molar-refractivity contribution in [3.8, 4) is 11.5 Å². The van der Waals surface area contributed by atoms with Crippen molar-refractivity contribution in [2.24, 2.45) is 0 Å². The van der Waals surface area contributed by atoms with E-state index in [9.17, 15) is 27.1 Å². The fraction of sp³-hybridized carbons (Fsp3) is 0.368. The Morgan fingerprint density at radius 3 is 2.57 bits per heavy atom. The summed E-state index contributed by atoms with van der Waals surface area (Å²) in [6.07, 6.45) is -1.81. The molecule has 2 aromatic heterocycles. The van der Waals surface area contributed by atoms with Crippen LogP contribution in [0.3, 0.4) is 0 Å². The first kappa shape index (κ1) is 22.2. The van der Waals surface area contributed by atoms with E-state index >= 15 is 0 Å². The van der Waals surface area contributed by atoms with Gasteiger partial charge in [-0.2, -0.15) is 0 Å². The standard InChI is InChI=1S/C19H17F5N2O3S/c1-3-6-18(27,10-9-25-7-5-13(10)28-4-2)17-26-12-8-11(20)15(29-19(22,23)24)14(21)16(12)30-17/h5,7-9,27H,3-4,6H2,1-2H3. The molecule has 0 aliphatic heterocycles. The molecule has 0 amide bonds. The molecule has 1 unspecified atom stereocenters. The number of nitrogens with zero attached hydrogens (tertiary/aromatic N) is 2. The summed E-state index contributed by atoms with van der Waals surface area (Å²) in [5.74, 6) is -4.33. The Balaban J connectivity index is 2.19. The number of alkyl halides is 3. The van der Waals surface area contributed by atoms with Gasteiger partial charge in [-0.25, -0.2) is 13.8 Å². The number of rotatable bonds is 7. The second-order valence-corrected chi connectivity index (χ2v) is 7.33. The van der Waals surface area contributed by atoms with Crippen molar-refractivity contribution in [3.63, 3.8) is 0 Å². The van der Waals surface area contributed by atoms with Crippen LogP contribution in [0.5, 0.6) is 11.5 Å². The molecule has 5 nitrogen and oxygen atoms in total. The molecule has 0 aliphatic rings. The third-order valence-corrected chi connectivity index (χ3v) is 5.46. The summed E-state index contributed by atoms with van der Waals surface area (Å²) >= 11 is 0.608. The van der Waals surface area contributed by atoms with E-state index < -0.39 is 29.3 Å². The smallest absolute Gasteiger partial charge is 0.493 e. The molecule has 1 atom stereocenters. The molecule has 0 spiro atoms. The fourth-order valence-electron chi connectivity index (χ4n) is 3.06. The Hall–Kier alpha value is -2.53. The first-order valence-electron chi connectivity index (χ1n) is 8.95. The third-order valence-electron chi connectivity index (χ3n) is 4.24. The Bertz CT molecular complexity index is 1060. The summed E-state index contributed by atoms with van der Waals surface area (Å²) in [6, 6.07) is 2.18. The second-order valence-electron chi connectivity index (χ2n) is 6.33. The lowest BCUT2D eigenvalue weighted by atomic mass is 9.90. The number of ether oxygens (including phenoxy) is 2. The fourth-order valence-corrected chi connectivity index (χ4v) is 4.17. The Kier molecular flexibility index (Phi) is 6.14. The van der Waals surface area contributed by atoms with E-state index in [2.05, 4.69) is 14.7 Å². The van der Waals surface area contributed by atoms with E-state index in [1.807, 2.05) is 0 Å². The lowest BCUT2D eigenvalue weighted by Gasteiger charge is -2.27. The molecule has 0 saturated carbocycles. The monoisotopic (exact) mass is 448 g/mol. The van der Waals surface area contributed by atoms with E-state index in [4.69, 9.17) is 4.74 Å². The number of thiazole rings is 1. The van der Waals surface area contributed by atoms with Crippen molar-refractivity contribution in [3.05, 3.63) is 46.7 Å². The minimum absolute atomic E-state index is 0.0317. The minimum atomic E-state index is -5.27. The van der Waals surface area contributed by atoms with Crippen LogP contribution < -0.4 is 9.47 Å². The van der Waals surface area contributed by atoms with Gasteiger partial charge in [0.1, 0.15) is 16.4 Å². The van der Waals surface area contributed by atoms with Gasteiger partial charge in [0.05, 0.1) is 22.4 Å². The molecule has 0 radical (unpaired) electrons. The van der Waals surface area contributed by atoms with Gasteiger partial charge in [0, 0.05) is 18.5 Å². The van der Waals surface area contributed by atoms with Crippen LogP contribution in [0, 0.1) is 11.6 Å². The predicted molar refractivity (Wildman–Crippen MR) is 99.5 cm³/mol. The zero-order chi connectivity index (χ0) is 22.1. The first-order valence-corrected chi connectivity index (χ1v) is 9.76. The minimum Gasteiger partial charge on any atom is -0.493 e. The van der Waals surface area contributed by atoms with E-state index in [0.717, 1.165) is 0 Å². The molecule has 0 saturated heterocycles. The van der Waals surface area contributed by atoms with Crippen LogP contribution in [-0.2, 0) is 5.60 Å². The highest BCUT2D eigenvalue weighted by molar-refractivity contribution is 7.18. The quantitative estimate of drug-likeness (QED) is 0.497. The van der Waals surface area contributed by atoms with Crippen LogP contribution in [0.25, 0.3) is 10.2 Å². The number of pyridine rings is 1. The Morgan fingerprint density at radius 2 is 1.93 bits per heavy atom. The van der Waals surface area contributed by atoms with Crippen molar-refractivity contribution in [1.29, 1.82) is 0 Å². The van der Waals surface area contributed by atoms with Gasteiger partial charge in [-0.05, 0) is 19.4 Å². The number of hydrogen-bond donors (Lipinski definition) is 1. The van der Waals surface area contributed by atoms with Crippen LogP contribution >= 0.6 is 11.3 Å². The molecular formula is C19H17F5N2O3S. The van der Waals surface area contributed by atoms with Gasteiger partial charge in [-0.1, -0.05) is 13.3 Å². The van der Waals surface area contributed by atoms with Crippen molar-refractivity contribution in [1.82, 2.24) is 9.97 Å². The molecule has 0 fully saturated rings. The van der Waals surface area contributed by atoms with Gasteiger partial charge in [-0.15, -0.1) is 24.5 Å². The van der Waals surface area contributed by atoms with E-state index in [1.54, 1.807) is 19.9 Å². The predicted octanol–water partition coefficient (Wildman–Crippen LogP) is 5.30. The molecule has 11 heteroatoms. The SMILES string of the molecule is CCCC(O)(c1nc2cc(F)c(OC(F)(F)F)c(F)c2s1)c1cnccc1OCC. The maximum atomic E-state index is 14.6. The molecule has 162 valence electrons. The van der Waals surface area contributed by atoms with Crippen LogP contribution in [0.1, 0.15) is 37.3 Å². The summed E-state index contributed by atoms with van der Waals surface area (Å²) in [5.41, 5.74) is -1.75. The number of fused-ring (bicyclic) bond motifs is 1. The lowest BCUT2D eigenvalue weighted by Crippen LogP contribution is -2.28. The maximum Gasteiger partial charge on any atom is 0.573 e. The molecule has 2 heterocycles. The van der Waals surface area contributed by atoms with Gasteiger partial charge in [-0.3, -0.25) is 4.98 Å². The first-order chi connectivity index (χ1) is 14.1. The molecule has 30 heavy (non-hydrogen) atoms. The molecule has 1 N–H and O–H groups in total.